The second-order valence-electron chi connectivity index (χ2n) is 7.46. The third kappa shape index (κ3) is 4.25. The highest BCUT2D eigenvalue weighted by Crippen LogP contribution is 2.25. The van der Waals surface area contributed by atoms with Crippen LogP contribution in [0.4, 0.5) is 5.69 Å². The minimum absolute atomic E-state index is 0.0988. The van der Waals surface area contributed by atoms with E-state index in [0.29, 0.717) is 11.3 Å². The van der Waals surface area contributed by atoms with Gasteiger partial charge < -0.3 is 10.6 Å². The zero-order valence-electron chi connectivity index (χ0n) is 17.4. The van der Waals surface area contributed by atoms with Crippen molar-refractivity contribution in [3.05, 3.63) is 72.3 Å². The Balaban J connectivity index is 1.51. The Morgan fingerprint density at radius 3 is 2.31 bits per heavy atom. The molecule has 3 aromatic carbocycles. The third-order valence-corrected chi connectivity index (χ3v) is 7.14. The predicted octanol–water partition coefficient (Wildman–Crippen LogP) is 2.13. The van der Waals surface area contributed by atoms with E-state index in [2.05, 4.69) is 4.99 Å². The van der Waals surface area contributed by atoms with Gasteiger partial charge in [0, 0.05) is 31.3 Å². The van der Waals surface area contributed by atoms with Gasteiger partial charge in [0.1, 0.15) is 5.84 Å². The van der Waals surface area contributed by atoms with Crippen molar-refractivity contribution in [2.45, 2.75) is 11.8 Å². The molecule has 0 saturated carbocycles. The van der Waals surface area contributed by atoms with Crippen LogP contribution in [-0.2, 0) is 19.6 Å². The molecule has 0 radical (unpaired) electrons. The Bertz CT molecular complexity index is 1330. The molecule has 0 spiro atoms. The molecule has 0 atom stereocenters. The van der Waals surface area contributed by atoms with Crippen molar-refractivity contribution in [1.29, 1.82) is 0 Å². The van der Waals surface area contributed by atoms with E-state index in [1.807, 2.05) is 24.3 Å². The van der Waals surface area contributed by atoms with Crippen LogP contribution in [0.5, 0.6) is 0 Å². The van der Waals surface area contributed by atoms with Gasteiger partial charge in [-0.05, 0) is 47.2 Å². The normalized spacial score (nSPS) is 15.8. The molecule has 1 aliphatic heterocycles. The molecule has 1 saturated heterocycles. The molecule has 164 valence electrons. The van der Waals surface area contributed by atoms with E-state index in [4.69, 9.17) is 5.73 Å². The topological polar surface area (TPSA) is 113 Å². The highest BCUT2D eigenvalue weighted by Gasteiger charge is 2.33. The summed E-state index contributed by atoms with van der Waals surface area (Å²) in [5.41, 5.74) is 6.97. The Morgan fingerprint density at radius 2 is 1.66 bits per heavy atom. The SMILES string of the molecule is CC(=O)N=C(N)c1ccc(N2CCN(S(=O)(=O)c3ccc4ccccc4c3)CC2=O)cc1. The number of carbonyl (C=O) groups excluding carboxylic acids is 2. The fourth-order valence-corrected chi connectivity index (χ4v) is 5.07. The summed E-state index contributed by atoms with van der Waals surface area (Å²) in [6.07, 6.45) is 0. The molecule has 32 heavy (non-hydrogen) atoms. The number of carbonyl (C=O) groups is 2. The van der Waals surface area contributed by atoms with Crippen LogP contribution in [0.1, 0.15) is 12.5 Å². The summed E-state index contributed by atoms with van der Waals surface area (Å²) in [6.45, 7) is 1.47. The summed E-state index contributed by atoms with van der Waals surface area (Å²) in [5.74, 6) is -0.620. The highest BCUT2D eigenvalue weighted by molar-refractivity contribution is 7.89. The molecule has 9 heteroatoms. The first-order chi connectivity index (χ1) is 15.3. The molecule has 1 heterocycles. The number of aliphatic imine (C=N–C) groups is 1. The zero-order chi connectivity index (χ0) is 22.9. The standard InChI is InChI=1S/C23H22N4O4S/c1-16(28)25-23(24)18-6-9-20(10-7-18)27-13-12-26(15-22(27)29)32(30,31)21-11-8-17-4-2-3-5-19(17)14-21/h2-11,14H,12-13,15H2,1H3,(H2,24,25,28). The molecule has 0 aromatic heterocycles. The smallest absolute Gasteiger partial charge is 0.244 e. The first-order valence-electron chi connectivity index (χ1n) is 10.0. The van der Waals surface area contributed by atoms with Gasteiger partial charge in [0.2, 0.25) is 21.8 Å². The van der Waals surface area contributed by atoms with Crippen LogP contribution in [0.25, 0.3) is 10.8 Å². The number of hydrogen-bond donors (Lipinski definition) is 1. The monoisotopic (exact) mass is 450 g/mol. The zero-order valence-corrected chi connectivity index (χ0v) is 18.2. The van der Waals surface area contributed by atoms with Crippen LogP contribution in [-0.4, -0.2) is 50.0 Å². The Hall–Kier alpha value is -3.56. The van der Waals surface area contributed by atoms with Gasteiger partial charge >= 0.3 is 0 Å². The molecule has 2 N–H and O–H groups in total. The Labute approximate surface area is 186 Å². The van der Waals surface area contributed by atoms with Crippen LogP contribution in [0, 0.1) is 0 Å². The van der Waals surface area contributed by atoms with Gasteiger partial charge in [0.25, 0.3) is 0 Å². The quantitative estimate of drug-likeness (QED) is 0.483. The van der Waals surface area contributed by atoms with Crippen molar-refractivity contribution >= 4 is 44.1 Å². The van der Waals surface area contributed by atoms with E-state index in [0.717, 1.165) is 10.8 Å². The van der Waals surface area contributed by atoms with E-state index in [-0.39, 0.29) is 36.3 Å². The molecule has 1 aliphatic rings. The van der Waals surface area contributed by atoms with E-state index < -0.39 is 15.9 Å². The summed E-state index contributed by atoms with van der Waals surface area (Å²) >= 11 is 0. The molecule has 8 nitrogen and oxygen atoms in total. The summed E-state index contributed by atoms with van der Waals surface area (Å²) in [4.78, 5) is 29.3. The maximum absolute atomic E-state index is 13.1. The number of anilines is 1. The lowest BCUT2D eigenvalue weighted by molar-refractivity contribution is -0.120. The maximum Gasteiger partial charge on any atom is 0.244 e. The number of rotatable bonds is 4. The lowest BCUT2D eigenvalue weighted by Gasteiger charge is -2.33. The van der Waals surface area contributed by atoms with Gasteiger partial charge in [0.15, 0.2) is 0 Å². The number of fused-ring (bicyclic) bond motifs is 1. The lowest BCUT2D eigenvalue weighted by atomic mass is 10.1. The van der Waals surface area contributed by atoms with Gasteiger partial charge in [-0.3, -0.25) is 9.59 Å². The second kappa shape index (κ2) is 8.52. The minimum atomic E-state index is -3.80. The molecule has 0 aliphatic carbocycles. The summed E-state index contributed by atoms with van der Waals surface area (Å²) in [5, 5.41) is 1.77. The average Bonchev–Trinajstić information content (AvgIpc) is 2.78. The molecule has 3 aromatic rings. The van der Waals surface area contributed by atoms with Gasteiger partial charge in [-0.2, -0.15) is 9.30 Å². The summed E-state index contributed by atoms with van der Waals surface area (Å²) in [7, 11) is -3.80. The van der Waals surface area contributed by atoms with Gasteiger partial charge in [0.05, 0.1) is 11.4 Å². The van der Waals surface area contributed by atoms with Gasteiger partial charge in [-0.1, -0.05) is 30.3 Å². The minimum Gasteiger partial charge on any atom is -0.383 e. The van der Waals surface area contributed by atoms with E-state index in [9.17, 15) is 18.0 Å². The molecule has 0 unspecified atom stereocenters. The number of nitrogens with two attached hydrogens (primary N) is 1. The van der Waals surface area contributed by atoms with Crippen LogP contribution >= 0.6 is 0 Å². The van der Waals surface area contributed by atoms with Crippen molar-refractivity contribution in [2.75, 3.05) is 24.5 Å². The summed E-state index contributed by atoms with van der Waals surface area (Å²) < 4.78 is 27.5. The van der Waals surface area contributed by atoms with E-state index in [1.54, 1.807) is 42.5 Å². The van der Waals surface area contributed by atoms with Gasteiger partial charge in [-0.15, -0.1) is 0 Å². The van der Waals surface area contributed by atoms with Crippen molar-refractivity contribution in [3.8, 4) is 0 Å². The molecule has 4 rings (SSSR count). The number of benzene rings is 3. The molecule has 2 amide bonds. The highest BCUT2D eigenvalue weighted by atomic mass is 32.2. The van der Waals surface area contributed by atoms with Crippen LogP contribution in [0.15, 0.2) is 76.6 Å². The first-order valence-corrected chi connectivity index (χ1v) is 11.4. The Morgan fingerprint density at radius 1 is 0.969 bits per heavy atom. The fourth-order valence-electron chi connectivity index (χ4n) is 3.65. The molecular formula is C23H22N4O4S. The lowest BCUT2D eigenvalue weighted by Crippen LogP contribution is -2.52. The molecular weight excluding hydrogens is 428 g/mol. The largest absolute Gasteiger partial charge is 0.383 e. The van der Waals surface area contributed by atoms with Crippen LogP contribution in [0.3, 0.4) is 0 Å². The van der Waals surface area contributed by atoms with Gasteiger partial charge in [-0.25, -0.2) is 8.42 Å². The summed E-state index contributed by atoms with van der Waals surface area (Å²) in [6, 6.07) is 19.2. The molecule has 0 bridgehead atoms. The average molecular weight is 451 g/mol. The third-order valence-electron chi connectivity index (χ3n) is 5.30. The maximum atomic E-state index is 13.1. The van der Waals surface area contributed by atoms with Crippen molar-refractivity contribution in [3.63, 3.8) is 0 Å². The van der Waals surface area contributed by atoms with Crippen molar-refractivity contribution in [1.82, 2.24) is 4.31 Å². The number of amidine groups is 1. The predicted molar refractivity (Wildman–Crippen MR) is 123 cm³/mol. The number of hydrogen-bond acceptors (Lipinski definition) is 4. The van der Waals surface area contributed by atoms with E-state index >= 15 is 0 Å². The first kappa shape index (κ1) is 21.7. The van der Waals surface area contributed by atoms with E-state index in [1.165, 1.54) is 16.1 Å². The van der Waals surface area contributed by atoms with Crippen molar-refractivity contribution < 1.29 is 18.0 Å². The number of piperazine rings is 1. The number of amides is 2. The van der Waals surface area contributed by atoms with Crippen molar-refractivity contribution in [2.24, 2.45) is 10.7 Å². The second-order valence-corrected chi connectivity index (χ2v) is 9.39. The number of nitrogens with zero attached hydrogens (tertiary/aromatic N) is 3. The molecule has 1 fully saturated rings. The fraction of sp³-hybridized carbons (Fsp3) is 0.174. The Kier molecular flexibility index (Phi) is 5.77. The van der Waals surface area contributed by atoms with Crippen LogP contribution < -0.4 is 10.6 Å². The number of sulfonamides is 1. The van der Waals surface area contributed by atoms with Crippen LogP contribution in [0.2, 0.25) is 0 Å².